The normalized spacial score (nSPS) is 15.4. The zero-order valence-electron chi connectivity index (χ0n) is 9.02. The van der Waals surface area contributed by atoms with E-state index in [2.05, 4.69) is 4.90 Å². The molecule has 0 heterocycles. The van der Waals surface area contributed by atoms with Crippen molar-refractivity contribution in [2.45, 2.75) is 25.4 Å². The number of hydrogen-bond acceptors (Lipinski definition) is 3. The Hall–Kier alpha value is -1.13. The molecule has 1 aromatic carbocycles. The number of benzene rings is 1. The number of nitrogens with zero attached hydrogens (tertiary/aromatic N) is 2. The van der Waals surface area contributed by atoms with Gasteiger partial charge in [0.05, 0.1) is 4.92 Å². The van der Waals surface area contributed by atoms with E-state index in [-0.39, 0.29) is 10.7 Å². The molecule has 0 bridgehead atoms. The average molecular weight is 241 g/mol. The highest BCUT2D eigenvalue weighted by Crippen LogP contribution is 2.29. The molecule has 1 aromatic rings. The van der Waals surface area contributed by atoms with E-state index < -0.39 is 4.92 Å². The molecule has 16 heavy (non-hydrogen) atoms. The number of nitro benzene ring substituents is 1. The highest BCUT2D eigenvalue weighted by Gasteiger charge is 2.26. The second-order valence-electron chi connectivity index (χ2n) is 4.19. The first-order valence-corrected chi connectivity index (χ1v) is 5.59. The van der Waals surface area contributed by atoms with Gasteiger partial charge in [-0.25, -0.2) is 0 Å². The van der Waals surface area contributed by atoms with Crippen LogP contribution in [0.1, 0.15) is 18.4 Å². The van der Waals surface area contributed by atoms with Crippen molar-refractivity contribution in [3.63, 3.8) is 0 Å². The second kappa shape index (κ2) is 4.39. The van der Waals surface area contributed by atoms with Gasteiger partial charge in [-0.15, -0.1) is 0 Å². The van der Waals surface area contributed by atoms with Crippen molar-refractivity contribution in [1.82, 2.24) is 4.90 Å². The maximum atomic E-state index is 10.7. The summed E-state index contributed by atoms with van der Waals surface area (Å²) >= 11 is 5.75. The molecular weight excluding hydrogens is 228 g/mol. The van der Waals surface area contributed by atoms with Crippen LogP contribution < -0.4 is 0 Å². The third-order valence-electron chi connectivity index (χ3n) is 2.81. The van der Waals surface area contributed by atoms with Crippen molar-refractivity contribution in [2.24, 2.45) is 0 Å². The first kappa shape index (κ1) is 11.4. The third kappa shape index (κ3) is 2.51. The van der Waals surface area contributed by atoms with Crippen LogP contribution >= 0.6 is 11.6 Å². The smallest absolute Gasteiger partial charge is 0.288 e. The summed E-state index contributed by atoms with van der Waals surface area (Å²) in [6.07, 6.45) is 2.46. The van der Waals surface area contributed by atoms with Gasteiger partial charge in [0, 0.05) is 18.7 Å². The van der Waals surface area contributed by atoms with Crippen LogP contribution in [0.15, 0.2) is 18.2 Å². The van der Waals surface area contributed by atoms with Gasteiger partial charge in [-0.05, 0) is 31.5 Å². The van der Waals surface area contributed by atoms with Crippen molar-refractivity contribution < 1.29 is 4.92 Å². The lowest BCUT2D eigenvalue weighted by Crippen LogP contribution is -2.19. The predicted molar refractivity (Wildman–Crippen MR) is 62.6 cm³/mol. The maximum Gasteiger partial charge on any atom is 0.288 e. The fourth-order valence-corrected chi connectivity index (χ4v) is 1.92. The van der Waals surface area contributed by atoms with Crippen LogP contribution in [0.25, 0.3) is 0 Å². The standard InChI is InChI=1S/C11H13ClN2O2/c1-13(9-3-4-9)7-8-2-5-10(12)11(6-8)14(15)16/h2,5-6,9H,3-4,7H2,1H3. The van der Waals surface area contributed by atoms with E-state index in [9.17, 15) is 10.1 Å². The number of rotatable bonds is 4. The van der Waals surface area contributed by atoms with Gasteiger partial charge in [0.1, 0.15) is 5.02 Å². The summed E-state index contributed by atoms with van der Waals surface area (Å²) in [6.45, 7) is 0.739. The molecule has 0 unspecified atom stereocenters. The molecule has 0 radical (unpaired) electrons. The van der Waals surface area contributed by atoms with Crippen molar-refractivity contribution >= 4 is 17.3 Å². The molecular formula is C11H13ClN2O2. The van der Waals surface area contributed by atoms with Crippen LogP contribution in [0.2, 0.25) is 5.02 Å². The lowest BCUT2D eigenvalue weighted by Gasteiger charge is -2.15. The van der Waals surface area contributed by atoms with Gasteiger partial charge in [0.25, 0.3) is 5.69 Å². The Bertz CT molecular complexity index is 418. The maximum absolute atomic E-state index is 10.7. The monoisotopic (exact) mass is 240 g/mol. The summed E-state index contributed by atoms with van der Waals surface area (Å²) < 4.78 is 0. The quantitative estimate of drug-likeness (QED) is 0.601. The van der Waals surface area contributed by atoms with E-state index >= 15 is 0 Å². The summed E-state index contributed by atoms with van der Waals surface area (Å²) in [5, 5.41) is 10.9. The van der Waals surface area contributed by atoms with Gasteiger partial charge in [-0.1, -0.05) is 17.7 Å². The molecule has 1 aliphatic rings. The van der Waals surface area contributed by atoms with Gasteiger partial charge in [-0.3, -0.25) is 15.0 Å². The SMILES string of the molecule is CN(Cc1ccc(Cl)c([N+](=O)[O-])c1)C1CC1. The zero-order valence-corrected chi connectivity index (χ0v) is 9.78. The van der Waals surface area contributed by atoms with E-state index in [0.717, 1.165) is 12.1 Å². The van der Waals surface area contributed by atoms with Gasteiger partial charge in [-0.2, -0.15) is 0 Å². The molecule has 1 fully saturated rings. The van der Waals surface area contributed by atoms with Gasteiger partial charge in [0.15, 0.2) is 0 Å². The number of halogens is 1. The summed E-state index contributed by atoms with van der Waals surface area (Å²) in [6, 6.07) is 5.64. The Morgan fingerprint density at radius 1 is 1.56 bits per heavy atom. The number of nitro groups is 1. The Balaban J connectivity index is 2.15. The minimum Gasteiger partial charge on any atom is -0.299 e. The highest BCUT2D eigenvalue weighted by molar-refractivity contribution is 6.32. The van der Waals surface area contributed by atoms with E-state index in [4.69, 9.17) is 11.6 Å². The first-order chi connectivity index (χ1) is 7.58. The average Bonchev–Trinajstić information content (AvgIpc) is 3.03. The molecule has 0 spiro atoms. The molecule has 1 aliphatic carbocycles. The van der Waals surface area contributed by atoms with Gasteiger partial charge in [0.2, 0.25) is 0 Å². The Morgan fingerprint density at radius 2 is 2.25 bits per heavy atom. The molecule has 0 amide bonds. The van der Waals surface area contributed by atoms with Crippen LogP contribution in [0.5, 0.6) is 0 Å². The molecule has 0 N–H and O–H groups in total. The van der Waals surface area contributed by atoms with Crippen LogP contribution in [0.4, 0.5) is 5.69 Å². The minimum atomic E-state index is -0.442. The lowest BCUT2D eigenvalue weighted by molar-refractivity contribution is -0.384. The van der Waals surface area contributed by atoms with Crippen LogP contribution in [-0.2, 0) is 6.54 Å². The van der Waals surface area contributed by atoms with Crippen molar-refractivity contribution in [3.05, 3.63) is 38.9 Å². The van der Waals surface area contributed by atoms with Crippen LogP contribution in [0.3, 0.4) is 0 Å². The summed E-state index contributed by atoms with van der Waals surface area (Å²) in [5.41, 5.74) is 0.925. The molecule has 5 heteroatoms. The topological polar surface area (TPSA) is 46.4 Å². The van der Waals surface area contributed by atoms with Gasteiger partial charge >= 0.3 is 0 Å². The Morgan fingerprint density at radius 3 is 2.81 bits per heavy atom. The highest BCUT2D eigenvalue weighted by atomic mass is 35.5. The molecule has 1 saturated carbocycles. The van der Waals surface area contributed by atoms with E-state index in [0.29, 0.717) is 6.04 Å². The summed E-state index contributed by atoms with van der Waals surface area (Å²) in [7, 11) is 2.04. The lowest BCUT2D eigenvalue weighted by atomic mass is 10.2. The molecule has 0 aliphatic heterocycles. The molecule has 4 nitrogen and oxygen atoms in total. The second-order valence-corrected chi connectivity index (χ2v) is 4.60. The molecule has 2 rings (SSSR count). The zero-order chi connectivity index (χ0) is 11.7. The van der Waals surface area contributed by atoms with Crippen molar-refractivity contribution in [3.8, 4) is 0 Å². The molecule has 0 atom stereocenters. The molecule has 0 saturated heterocycles. The van der Waals surface area contributed by atoms with Gasteiger partial charge < -0.3 is 0 Å². The fraction of sp³-hybridized carbons (Fsp3) is 0.455. The molecule has 0 aromatic heterocycles. The summed E-state index contributed by atoms with van der Waals surface area (Å²) in [5.74, 6) is 0. The van der Waals surface area contributed by atoms with E-state index in [1.807, 2.05) is 13.1 Å². The molecule has 86 valence electrons. The van der Waals surface area contributed by atoms with Crippen molar-refractivity contribution in [2.75, 3.05) is 7.05 Å². The summed E-state index contributed by atoms with van der Waals surface area (Å²) in [4.78, 5) is 12.5. The Labute approximate surface area is 99.0 Å². The van der Waals surface area contributed by atoms with E-state index in [1.165, 1.54) is 12.8 Å². The van der Waals surface area contributed by atoms with Crippen LogP contribution in [0, 0.1) is 10.1 Å². The number of hydrogen-bond donors (Lipinski definition) is 0. The predicted octanol–water partition coefficient (Wildman–Crippen LogP) is 2.84. The van der Waals surface area contributed by atoms with Crippen molar-refractivity contribution in [1.29, 1.82) is 0 Å². The third-order valence-corrected chi connectivity index (χ3v) is 3.13. The Kier molecular flexibility index (Phi) is 3.12. The minimum absolute atomic E-state index is 0.0108. The fourth-order valence-electron chi connectivity index (χ4n) is 1.73. The van der Waals surface area contributed by atoms with Crippen LogP contribution in [-0.4, -0.2) is 22.9 Å². The van der Waals surface area contributed by atoms with E-state index in [1.54, 1.807) is 12.1 Å². The first-order valence-electron chi connectivity index (χ1n) is 5.21. The largest absolute Gasteiger partial charge is 0.299 e.